The highest BCUT2D eigenvalue weighted by Crippen LogP contribution is 2.29. The van der Waals surface area contributed by atoms with Gasteiger partial charge in [0.05, 0.1) is 6.61 Å². The Morgan fingerprint density at radius 1 is 1.25 bits per heavy atom. The number of hydrogen-bond acceptors (Lipinski definition) is 3. The van der Waals surface area contributed by atoms with E-state index in [1.807, 2.05) is 0 Å². The number of carbonyl (C=O) groups is 1. The molecule has 0 atom stereocenters. The topological polar surface area (TPSA) is 50.4 Å². The van der Waals surface area contributed by atoms with E-state index in [2.05, 4.69) is 10.6 Å². The zero-order chi connectivity index (χ0) is 14.3. The molecule has 0 bridgehead atoms. The Balaban J connectivity index is 1.74. The number of methoxy groups -OCH3 is 1. The van der Waals surface area contributed by atoms with Crippen molar-refractivity contribution >= 4 is 5.91 Å². The van der Waals surface area contributed by atoms with E-state index in [1.54, 1.807) is 7.11 Å². The molecule has 1 saturated heterocycles. The first-order valence-corrected chi connectivity index (χ1v) is 8.20. The Morgan fingerprint density at radius 2 is 1.95 bits per heavy atom. The Kier molecular flexibility index (Phi) is 6.30. The fourth-order valence-electron chi connectivity index (χ4n) is 3.65. The molecule has 0 spiro atoms. The van der Waals surface area contributed by atoms with Gasteiger partial charge in [-0.3, -0.25) is 4.79 Å². The molecule has 1 saturated carbocycles. The van der Waals surface area contributed by atoms with E-state index in [0.29, 0.717) is 5.92 Å². The lowest BCUT2D eigenvalue weighted by atomic mass is 9.79. The largest absolute Gasteiger partial charge is 0.384 e. The Morgan fingerprint density at radius 3 is 2.60 bits per heavy atom. The minimum Gasteiger partial charge on any atom is -0.384 e. The highest BCUT2D eigenvalue weighted by Gasteiger charge is 2.32. The zero-order valence-corrected chi connectivity index (χ0v) is 12.9. The number of hydrogen-bond donors (Lipinski definition) is 2. The molecule has 0 aromatic rings. The predicted octanol–water partition coefficient (Wildman–Crippen LogP) is 2.09. The van der Waals surface area contributed by atoms with Crippen LogP contribution < -0.4 is 10.6 Å². The van der Waals surface area contributed by atoms with Gasteiger partial charge in [-0.15, -0.1) is 0 Å². The smallest absolute Gasteiger partial charge is 0.220 e. The normalized spacial score (nSPS) is 23.4. The number of rotatable bonds is 6. The van der Waals surface area contributed by atoms with E-state index >= 15 is 0 Å². The van der Waals surface area contributed by atoms with Crippen LogP contribution in [-0.2, 0) is 9.53 Å². The van der Waals surface area contributed by atoms with Crippen LogP contribution in [0, 0.1) is 11.3 Å². The lowest BCUT2D eigenvalue weighted by Gasteiger charge is -2.37. The maximum absolute atomic E-state index is 12.1. The van der Waals surface area contributed by atoms with E-state index in [0.717, 1.165) is 45.5 Å². The van der Waals surface area contributed by atoms with Gasteiger partial charge in [-0.1, -0.05) is 19.3 Å². The van der Waals surface area contributed by atoms with Gasteiger partial charge in [0.1, 0.15) is 0 Å². The summed E-state index contributed by atoms with van der Waals surface area (Å²) in [5, 5.41) is 6.56. The molecule has 1 heterocycles. The van der Waals surface area contributed by atoms with Crippen LogP contribution in [0.15, 0.2) is 0 Å². The first-order chi connectivity index (χ1) is 9.74. The number of ether oxygens (including phenoxy) is 1. The molecule has 0 aromatic carbocycles. The summed E-state index contributed by atoms with van der Waals surface area (Å²) >= 11 is 0. The number of amides is 1. The molecular formula is C16H30N2O2. The van der Waals surface area contributed by atoms with Crippen LogP contribution in [0.5, 0.6) is 0 Å². The molecule has 4 nitrogen and oxygen atoms in total. The summed E-state index contributed by atoms with van der Waals surface area (Å²) in [6.45, 7) is 3.58. The summed E-state index contributed by atoms with van der Waals surface area (Å²) in [6, 6.07) is 0. The molecule has 20 heavy (non-hydrogen) atoms. The Hall–Kier alpha value is -0.610. The van der Waals surface area contributed by atoms with Crippen molar-refractivity contribution in [1.82, 2.24) is 10.6 Å². The number of piperidine rings is 1. The average Bonchev–Trinajstić information content (AvgIpc) is 2.48. The summed E-state index contributed by atoms with van der Waals surface area (Å²) in [6.07, 6.45) is 9.33. The van der Waals surface area contributed by atoms with Crippen molar-refractivity contribution in [3.8, 4) is 0 Å². The summed E-state index contributed by atoms with van der Waals surface area (Å²) in [5.74, 6) is 0.862. The average molecular weight is 282 g/mol. The first kappa shape index (κ1) is 15.8. The minimum absolute atomic E-state index is 0.141. The van der Waals surface area contributed by atoms with Gasteiger partial charge in [-0.05, 0) is 44.7 Å². The molecule has 0 aromatic heterocycles. The number of carbonyl (C=O) groups excluding carboxylic acids is 1. The summed E-state index contributed by atoms with van der Waals surface area (Å²) in [5.41, 5.74) is 0.141. The molecule has 2 aliphatic rings. The van der Waals surface area contributed by atoms with Crippen LogP contribution in [0.1, 0.15) is 51.4 Å². The maximum Gasteiger partial charge on any atom is 0.220 e. The SMILES string of the molecule is COCC1(CNC(=O)CC2CCCCC2)CCNCC1. The van der Waals surface area contributed by atoms with Gasteiger partial charge >= 0.3 is 0 Å². The summed E-state index contributed by atoms with van der Waals surface area (Å²) < 4.78 is 5.39. The van der Waals surface area contributed by atoms with Crippen LogP contribution in [0.4, 0.5) is 0 Å². The second-order valence-corrected chi connectivity index (χ2v) is 6.67. The van der Waals surface area contributed by atoms with E-state index in [9.17, 15) is 4.79 Å². The zero-order valence-electron chi connectivity index (χ0n) is 12.9. The van der Waals surface area contributed by atoms with E-state index in [-0.39, 0.29) is 11.3 Å². The quantitative estimate of drug-likeness (QED) is 0.784. The molecule has 2 fully saturated rings. The van der Waals surface area contributed by atoms with Crippen molar-refractivity contribution in [2.24, 2.45) is 11.3 Å². The van der Waals surface area contributed by atoms with Crippen molar-refractivity contribution in [3.05, 3.63) is 0 Å². The highest BCUT2D eigenvalue weighted by atomic mass is 16.5. The van der Waals surface area contributed by atoms with Crippen molar-refractivity contribution < 1.29 is 9.53 Å². The third-order valence-corrected chi connectivity index (χ3v) is 4.97. The first-order valence-electron chi connectivity index (χ1n) is 8.20. The van der Waals surface area contributed by atoms with E-state index in [4.69, 9.17) is 4.74 Å². The van der Waals surface area contributed by atoms with Crippen molar-refractivity contribution in [2.45, 2.75) is 51.4 Å². The van der Waals surface area contributed by atoms with Gasteiger partial charge in [0.15, 0.2) is 0 Å². The number of nitrogens with one attached hydrogen (secondary N) is 2. The molecule has 116 valence electrons. The van der Waals surface area contributed by atoms with Gasteiger partial charge in [0, 0.05) is 25.5 Å². The monoisotopic (exact) mass is 282 g/mol. The van der Waals surface area contributed by atoms with Crippen LogP contribution >= 0.6 is 0 Å². The molecule has 1 aliphatic heterocycles. The van der Waals surface area contributed by atoms with Gasteiger partial charge in [-0.2, -0.15) is 0 Å². The van der Waals surface area contributed by atoms with Crippen LogP contribution in [0.25, 0.3) is 0 Å². The molecule has 2 N–H and O–H groups in total. The molecule has 0 unspecified atom stereocenters. The molecular weight excluding hydrogens is 252 g/mol. The van der Waals surface area contributed by atoms with Crippen molar-refractivity contribution in [2.75, 3.05) is 33.4 Å². The standard InChI is InChI=1S/C16H30N2O2/c1-20-13-16(7-9-17-10-8-16)12-18-15(19)11-14-5-3-2-4-6-14/h14,17H,2-13H2,1H3,(H,18,19). The Labute approximate surface area is 123 Å². The molecule has 1 aliphatic carbocycles. The lowest BCUT2D eigenvalue weighted by molar-refractivity contribution is -0.123. The fourth-order valence-corrected chi connectivity index (χ4v) is 3.65. The van der Waals surface area contributed by atoms with Crippen LogP contribution in [0.3, 0.4) is 0 Å². The van der Waals surface area contributed by atoms with Crippen LogP contribution in [0.2, 0.25) is 0 Å². The Bertz CT molecular complexity index is 289. The minimum atomic E-state index is 0.141. The summed E-state index contributed by atoms with van der Waals surface area (Å²) in [7, 11) is 1.76. The molecule has 4 heteroatoms. The second-order valence-electron chi connectivity index (χ2n) is 6.67. The highest BCUT2D eigenvalue weighted by molar-refractivity contribution is 5.76. The van der Waals surface area contributed by atoms with Gasteiger partial charge in [0.2, 0.25) is 5.91 Å². The van der Waals surface area contributed by atoms with E-state index in [1.165, 1.54) is 32.1 Å². The van der Waals surface area contributed by atoms with E-state index < -0.39 is 0 Å². The van der Waals surface area contributed by atoms with Crippen molar-refractivity contribution in [3.63, 3.8) is 0 Å². The molecule has 2 rings (SSSR count). The lowest BCUT2D eigenvalue weighted by Crippen LogP contribution is -2.47. The molecule has 0 radical (unpaired) electrons. The third kappa shape index (κ3) is 4.74. The predicted molar refractivity (Wildman–Crippen MR) is 80.6 cm³/mol. The maximum atomic E-state index is 12.1. The van der Waals surface area contributed by atoms with Gasteiger partial charge in [0.25, 0.3) is 0 Å². The van der Waals surface area contributed by atoms with Gasteiger partial charge < -0.3 is 15.4 Å². The third-order valence-electron chi connectivity index (χ3n) is 4.97. The summed E-state index contributed by atoms with van der Waals surface area (Å²) in [4.78, 5) is 12.1. The van der Waals surface area contributed by atoms with Crippen LogP contribution in [-0.4, -0.2) is 39.3 Å². The fraction of sp³-hybridized carbons (Fsp3) is 0.938. The van der Waals surface area contributed by atoms with Gasteiger partial charge in [-0.25, -0.2) is 0 Å². The second kappa shape index (κ2) is 7.99. The van der Waals surface area contributed by atoms with Crippen molar-refractivity contribution in [1.29, 1.82) is 0 Å². The molecule has 1 amide bonds.